The van der Waals surface area contributed by atoms with Crippen LogP contribution in [0.25, 0.3) is 0 Å². The second-order valence-corrected chi connectivity index (χ2v) is 4.52. The summed E-state index contributed by atoms with van der Waals surface area (Å²) in [6.45, 7) is 1.39. The van der Waals surface area contributed by atoms with Gasteiger partial charge in [-0.3, -0.25) is 4.55 Å². The molecular formula is C8H12NNaO3S. The zero-order valence-corrected chi connectivity index (χ0v) is 7.95. The summed E-state index contributed by atoms with van der Waals surface area (Å²) in [6.07, 6.45) is 0. The van der Waals surface area contributed by atoms with Crippen molar-refractivity contribution in [2.75, 3.05) is 5.73 Å². The zero-order chi connectivity index (χ0) is 10.1. The first-order valence-corrected chi connectivity index (χ1v) is 5.24. The van der Waals surface area contributed by atoms with Crippen molar-refractivity contribution in [1.29, 1.82) is 0 Å². The summed E-state index contributed by atoms with van der Waals surface area (Å²) in [4.78, 5) is 0. The summed E-state index contributed by atoms with van der Waals surface area (Å²) in [5.41, 5.74) is 6.33. The molecule has 0 aliphatic carbocycles. The van der Waals surface area contributed by atoms with E-state index >= 15 is 0 Å². The predicted molar refractivity (Wildman–Crippen MR) is 58.0 cm³/mol. The van der Waals surface area contributed by atoms with Crippen LogP contribution >= 0.6 is 0 Å². The number of rotatable bonds is 2. The van der Waals surface area contributed by atoms with Crippen LogP contribution in [0, 0.1) is 0 Å². The quantitative estimate of drug-likeness (QED) is 0.438. The first kappa shape index (κ1) is 13.9. The standard InChI is InChI=1S/C8H11NO3S.Na.H/c1-6(13(10,11)12)7-4-2-3-5-8(7)9;;/h2-6H,9H2,1H3,(H,10,11,12);;. The number of hydrogen-bond donors (Lipinski definition) is 2. The molecule has 0 saturated heterocycles. The van der Waals surface area contributed by atoms with E-state index in [1.807, 2.05) is 0 Å². The van der Waals surface area contributed by atoms with Gasteiger partial charge in [-0.05, 0) is 18.6 Å². The molecule has 0 aliphatic rings. The zero-order valence-electron chi connectivity index (χ0n) is 7.14. The summed E-state index contributed by atoms with van der Waals surface area (Å²) >= 11 is 0. The van der Waals surface area contributed by atoms with Crippen molar-refractivity contribution < 1.29 is 13.0 Å². The van der Waals surface area contributed by atoms with Gasteiger partial charge in [-0.1, -0.05) is 18.2 Å². The van der Waals surface area contributed by atoms with Crippen molar-refractivity contribution in [3.8, 4) is 0 Å². The van der Waals surface area contributed by atoms with Crippen LogP contribution in [-0.2, 0) is 10.1 Å². The van der Waals surface area contributed by atoms with E-state index in [1.165, 1.54) is 6.92 Å². The van der Waals surface area contributed by atoms with Gasteiger partial charge in [0.2, 0.25) is 0 Å². The van der Waals surface area contributed by atoms with Crippen LogP contribution in [0.15, 0.2) is 24.3 Å². The summed E-state index contributed by atoms with van der Waals surface area (Å²) in [5, 5.41) is -0.978. The van der Waals surface area contributed by atoms with Gasteiger partial charge in [0.15, 0.2) is 0 Å². The SMILES string of the molecule is CC(c1ccccc1N)S(=O)(=O)O.[NaH]. The Morgan fingerprint density at radius 3 is 2.29 bits per heavy atom. The van der Waals surface area contributed by atoms with Gasteiger partial charge < -0.3 is 5.73 Å². The van der Waals surface area contributed by atoms with Gasteiger partial charge in [-0.25, -0.2) is 0 Å². The van der Waals surface area contributed by atoms with E-state index in [9.17, 15) is 8.42 Å². The van der Waals surface area contributed by atoms with Crippen LogP contribution in [0.2, 0.25) is 0 Å². The van der Waals surface area contributed by atoms with Crippen molar-refractivity contribution >= 4 is 45.4 Å². The van der Waals surface area contributed by atoms with Crippen LogP contribution in [0.1, 0.15) is 17.7 Å². The molecule has 0 fully saturated rings. The average molecular weight is 225 g/mol. The van der Waals surface area contributed by atoms with E-state index in [0.717, 1.165) is 0 Å². The van der Waals surface area contributed by atoms with Gasteiger partial charge in [0.1, 0.15) is 5.25 Å². The molecule has 4 nitrogen and oxygen atoms in total. The molecule has 1 unspecified atom stereocenters. The minimum absolute atomic E-state index is 0. The van der Waals surface area contributed by atoms with E-state index < -0.39 is 15.4 Å². The summed E-state index contributed by atoms with van der Waals surface area (Å²) in [5.74, 6) is 0. The van der Waals surface area contributed by atoms with Crippen LogP contribution in [0.5, 0.6) is 0 Å². The van der Waals surface area contributed by atoms with E-state index in [2.05, 4.69) is 0 Å². The van der Waals surface area contributed by atoms with Gasteiger partial charge in [-0.15, -0.1) is 0 Å². The van der Waals surface area contributed by atoms with Crippen LogP contribution in [-0.4, -0.2) is 42.5 Å². The molecule has 1 aromatic carbocycles. The molecule has 1 atom stereocenters. The van der Waals surface area contributed by atoms with E-state index in [0.29, 0.717) is 11.3 Å². The Hall–Kier alpha value is -0.0700. The van der Waals surface area contributed by atoms with E-state index in [-0.39, 0.29) is 29.6 Å². The Labute approximate surface area is 106 Å². The minimum atomic E-state index is -4.06. The summed E-state index contributed by atoms with van der Waals surface area (Å²) in [7, 11) is -4.06. The molecule has 14 heavy (non-hydrogen) atoms. The first-order chi connectivity index (χ1) is 5.93. The maximum atomic E-state index is 10.8. The molecule has 6 heteroatoms. The van der Waals surface area contributed by atoms with Gasteiger partial charge in [0, 0.05) is 5.69 Å². The number of nitrogens with two attached hydrogens (primary N) is 1. The molecule has 0 spiro atoms. The molecule has 0 bridgehead atoms. The topological polar surface area (TPSA) is 80.4 Å². The molecule has 0 heterocycles. The fraction of sp³-hybridized carbons (Fsp3) is 0.250. The Morgan fingerprint density at radius 2 is 1.86 bits per heavy atom. The molecule has 1 aromatic rings. The molecule has 3 N–H and O–H groups in total. The van der Waals surface area contributed by atoms with Crippen molar-refractivity contribution in [1.82, 2.24) is 0 Å². The molecular weight excluding hydrogens is 213 g/mol. The Morgan fingerprint density at radius 1 is 1.36 bits per heavy atom. The van der Waals surface area contributed by atoms with E-state index in [1.54, 1.807) is 24.3 Å². The number of para-hydroxylation sites is 1. The number of benzene rings is 1. The molecule has 0 aromatic heterocycles. The Kier molecular flexibility index (Phi) is 5.11. The van der Waals surface area contributed by atoms with Crippen LogP contribution in [0.3, 0.4) is 0 Å². The molecule has 1 rings (SSSR count). The molecule has 0 radical (unpaired) electrons. The van der Waals surface area contributed by atoms with Gasteiger partial charge in [0.25, 0.3) is 10.1 Å². The molecule has 0 aliphatic heterocycles. The predicted octanol–water partition coefficient (Wildman–Crippen LogP) is 0.569. The van der Waals surface area contributed by atoms with Crippen molar-refractivity contribution in [3.05, 3.63) is 29.8 Å². The number of hydrogen-bond acceptors (Lipinski definition) is 3. The molecule has 0 saturated carbocycles. The monoisotopic (exact) mass is 225 g/mol. The first-order valence-electron chi connectivity index (χ1n) is 3.73. The van der Waals surface area contributed by atoms with Gasteiger partial charge in [0.05, 0.1) is 0 Å². The fourth-order valence-corrected chi connectivity index (χ4v) is 1.58. The molecule has 0 amide bonds. The Balaban J connectivity index is 0.00000169. The Bertz CT molecular complexity index is 405. The van der Waals surface area contributed by atoms with Crippen molar-refractivity contribution in [2.24, 2.45) is 0 Å². The summed E-state index contributed by atoms with van der Waals surface area (Å²) in [6, 6.07) is 6.55. The van der Waals surface area contributed by atoms with Crippen molar-refractivity contribution in [2.45, 2.75) is 12.2 Å². The number of nitrogen functional groups attached to an aromatic ring is 1. The third kappa shape index (κ3) is 3.25. The second kappa shape index (κ2) is 5.14. The molecule has 74 valence electrons. The van der Waals surface area contributed by atoms with Gasteiger partial charge >= 0.3 is 29.6 Å². The van der Waals surface area contributed by atoms with Gasteiger partial charge in [-0.2, -0.15) is 8.42 Å². The second-order valence-electron chi connectivity index (χ2n) is 2.79. The fourth-order valence-electron chi connectivity index (χ4n) is 1.04. The average Bonchev–Trinajstić information content (AvgIpc) is 2.02. The summed E-state index contributed by atoms with van der Waals surface area (Å²) < 4.78 is 30.3. The normalized spacial score (nSPS) is 13.0. The van der Waals surface area contributed by atoms with E-state index in [4.69, 9.17) is 10.3 Å². The maximum absolute atomic E-state index is 10.8. The van der Waals surface area contributed by atoms with Crippen LogP contribution in [0.4, 0.5) is 5.69 Å². The van der Waals surface area contributed by atoms with Crippen molar-refractivity contribution in [3.63, 3.8) is 0 Å². The van der Waals surface area contributed by atoms with Crippen LogP contribution < -0.4 is 5.73 Å². The number of anilines is 1. The third-order valence-electron chi connectivity index (χ3n) is 1.88. The third-order valence-corrected chi connectivity index (χ3v) is 3.03.